The Morgan fingerprint density at radius 1 is 1.35 bits per heavy atom. The van der Waals surface area contributed by atoms with Gasteiger partial charge in [0.15, 0.2) is 6.61 Å². The second kappa shape index (κ2) is 5.98. The standard InChI is InChI=1S/C13H10Cl2N2O3/c1-7(9-4-5-16-17-9)8-2-3-10(13(15)12(8)14)20-6-11(18)19/h2-5H,1,6H2,(H,16,17)(H,18,19). The molecule has 2 rings (SSSR count). The van der Waals surface area contributed by atoms with E-state index in [1.54, 1.807) is 24.4 Å². The second-order valence-electron chi connectivity index (χ2n) is 3.87. The maximum atomic E-state index is 10.5. The van der Waals surface area contributed by atoms with Gasteiger partial charge in [0.1, 0.15) is 10.8 Å². The maximum absolute atomic E-state index is 10.5. The first-order valence-electron chi connectivity index (χ1n) is 5.52. The Kier molecular flexibility index (Phi) is 4.32. The Balaban J connectivity index is 2.31. The summed E-state index contributed by atoms with van der Waals surface area (Å²) >= 11 is 12.2. The van der Waals surface area contributed by atoms with Gasteiger partial charge in [-0.1, -0.05) is 29.8 Å². The number of nitrogens with zero attached hydrogens (tertiary/aromatic N) is 1. The first kappa shape index (κ1) is 14.4. The van der Waals surface area contributed by atoms with Gasteiger partial charge in [0.25, 0.3) is 0 Å². The summed E-state index contributed by atoms with van der Waals surface area (Å²) in [5.41, 5.74) is 1.95. The molecule has 1 aromatic heterocycles. The molecule has 0 bridgehead atoms. The molecule has 0 amide bonds. The molecule has 0 radical (unpaired) electrons. The smallest absolute Gasteiger partial charge is 0.341 e. The zero-order valence-electron chi connectivity index (χ0n) is 10.2. The van der Waals surface area contributed by atoms with Crippen LogP contribution in [0.2, 0.25) is 10.0 Å². The monoisotopic (exact) mass is 312 g/mol. The van der Waals surface area contributed by atoms with Crippen LogP contribution < -0.4 is 4.74 Å². The number of aliphatic carboxylic acids is 1. The summed E-state index contributed by atoms with van der Waals surface area (Å²) in [5.74, 6) is -0.886. The molecule has 0 saturated heterocycles. The zero-order valence-corrected chi connectivity index (χ0v) is 11.7. The number of rotatable bonds is 5. The van der Waals surface area contributed by atoms with E-state index in [-0.39, 0.29) is 15.8 Å². The number of aromatic amines is 1. The van der Waals surface area contributed by atoms with E-state index in [1.165, 1.54) is 0 Å². The van der Waals surface area contributed by atoms with Gasteiger partial charge >= 0.3 is 5.97 Å². The molecule has 0 spiro atoms. The predicted octanol–water partition coefficient (Wildman–Crippen LogP) is 3.24. The lowest BCUT2D eigenvalue weighted by molar-refractivity contribution is -0.139. The molecular formula is C13H10Cl2N2O3. The normalized spacial score (nSPS) is 10.3. The van der Waals surface area contributed by atoms with Gasteiger partial charge in [-0.25, -0.2) is 4.79 Å². The molecule has 2 N–H and O–H groups in total. The Morgan fingerprint density at radius 2 is 2.10 bits per heavy atom. The number of carbonyl (C=O) groups is 1. The van der Waals surface area contributed by atoms with Crippen molar-refractivity contribution in [2.75, 3.05) is 6.61 Å². The van der Waals surface area contributed by atoms with Crippen LogP contribution in [0.4, 0.5) is 0 Å². The molecule has 20 heavy (non-hydrogen) atoms. The minimum atomic E-state index is -1.09. The van der Waals surface area contributed by atoms with Gasteiger partial charge in [-0.2, -0.15) is 5.10 Å². The number of nitrogens with one attached hydrogen (secondary N) is 1. The van der Waals surface area contributed by atoms with E-state index >= 15 is 0 Å². The molecule has 1 aromatic carbocycles. The van der Waals surface area contributed by atoms with Gasteiger partial charge in [-0.05, 0) is 18.2 Å². The zero-order chi connectivity index (χ0) is 14.7. The number of benzene rings is 1. The average Bonchev–Trinajstić information content (AvgIpc) is 2.93. The lowest BCUT2D eigenvalue weighted by Crippen LogP contribution is -2.09. The van der Waals surface area contributed by atoms with Crippen LogP contribution in [0, 0.1) is 0 Å². The third-order valence-corrected chi connectivity index (χ3v) is 3.41. The molecule has 7 heteroatoms. The van der Waals surface area contributed by atoms with Gasteiger partial charge in [0.05, 0.1) is 10.7 Å². The molecule has 0 saturated carbocycles. The summed E-state index contributed by atoms with van der Waals surface area (Å²) in [6, 6.07) is 4.96. The summed E-state index contributed by atoms with van der Waals surface area (Å²) in [5, 5.41) is 15.6. The molecule has 0 fully saturated rings. The fourth-order valence-corrected chi connectivity index (χ4v) is 2.07. The minimum absolute atomic E-state index is 0.145. The molecule has 0 unspecified atom stereocenters. The number of hydrogen-bond acceptors (Lipinski definition) is 3. The van der Waals surface area contributed by atoms with Crippen molar-refractivity contribution in [2.24, 2.45) is 0 Å². The Bertz CT molecular complexity index is 654. The quantitative estimate of drug-likeness (QED) is 0.888. The van der Waals surface area contributed by atoms with Crippen LogP contribution in [0.1, 0.15) is 11.3 Å². The van der Waals surface area contributed by atoms with Gasteiger partial charge in [0, 0.05) is 17.3 Å². The predicted molar refractivity (Wildman–Crippen MR) is 76.3 cm³/mol. The Hall–Kier alpha value is -1.98. The number of aromatic nitrogens is 2. The highest BCUT2D eigenvalue weighted by Crippen LogP contribution is 2.38. The highest BCUT2D eigenvalue weighted by atomic mass is 35.5. The first-order chi connectivity index (χ1) is 9.50. The van der Waals surface area contributed by atoms with Crippen LogP contribution in [0.5, 0.6) is 5.75 Å². The van der Waals surface area contributed by atoms with Crippen molar-refractivity contribution >= 4 is 34.7 Å². The third kappa shape index (κ3) is 2.95. The van der Waals surface area contributed by atoms with E-state index in [1.807, 2.05) is 0 Å². The van der Waals surface area contributed by atoms with Gasteiger partial charge in [0.2, 0.25) is 0 Å². The van der Waals surface area contributed by atoms with E-state index in [2.05, 4.69) is 16.8 Å². The van der Waals surface area contributed by atoms with Crippen molar-refractivity contribution in [1.29, 1.82) is 0 Å². The minimum Gasteiger partial charge on any atom is -0.480 e. The van der Waals surface area contributed by atoms with Crippen LogP contribution >= 0.6 is 23.2 Å². The molecule has 0 aliphatic rings. The summed E-state index contributed by atoms with van der Waals surface area (Å²) in [7, 11) is 0. The van der Waals surface area contributed by atoms with E-state index in [9.17, 15) is 4.79 Å². The van der Waals surface area contributed by atoms with Crippen molar-refractivity contribution in [3.63, 3.8) is 0 Å². The van der Waals surface area contributed by atoms with Crippen LogP contribution in [-0.2, 0) is 4.79 Å². The molecule has 5 nitrogen and oxygen atoms in total. The lowest BCUT2D eigenvalue weighted by atomic mass is 10.0. The van der Waals surface area contributed by atoms with E-state index < -0.39 is 12.6 Å². The van der Waals surface area contributed by atoms with Crippen molar-refractivity contribution in [1.82, 2.24) is 10.2 Å². The third-order valence-electron chi connectivity index (χ3n) is 2.55. The number of ether oxygens (including phenoxy) is 1. The molecule has 0 aliphatic heterocycles. The topological polar surface area (TPSA) is 75.2 Å². The highest BCUT2D eigenvalue weighted by Gasteiger charge is 2.15. The Morgan fingerprint density at radius 3 is 2.70 bits per heavy atom. The van der Waals surface area contributed by atoms with Crippen LogP contribution in [0.25, 0.3) is 5.57 Å². The number of carboxylic acids is 1. The SMILES string of the molecule is C=C(c1ccn[nH]1)c1ccc(OCC(=O)O)c(Cl)c1Cl. The van der Waals surface area contributed by atoms with Crippen LogP contribution in [-0.4, -0.2) is 27.9 Å². The number of halogens is 2. The summed E-state index contributed by atoms with van der Waals surface area (Å²) < 4.78 is 5.04. The van der Waals surface area contributed by atoms with Gasteiger partial charge < -0.3 is 9.84 Å². The summed E-state index contributed by atoms with van der Waals surface area (Å²) in [6.07, 6.45) is 1.60. The fraction of sp³-hybridized carbons (Fsp3) is 0.0769. The number of carboxylic acid groups (broad SMARTS) is 1. The molecule has 0 aliphatic carbocycles. The fourth-order valence-electron chi connectivity index (χ4n) is 1.58. The Labute approximate surface area is 124 Å². The lowest BCUT2D eigenvalue weighted by Gasteiger charge is -2.11. The van der Waals surface area contributed by atoms with Crippen molar-refractivity contribution < 1.29 is 14.6 Å². The van der Waals surface area contributed by atoms with E-state index in [0.717, 1.165) is 0 Å². The summed E-state index contributed by atoms with van der Waals surface area (Å²) in [4.78, 5) is 10.5. The van der Waals surface area contributed by atoms with E-state index in [4.69, 9.17) is 33.0 Å². The molecule has 104 valence electrons. The molecular weight excluding hydrogens is 303 g/mol. The van der Waals surface area contributed by atoms with E-state index in [0.29, 0.717) is 16.8 Å². The molecule has 2 aromatic rings. The van der Waals surface area contributed by atoms with Crippen molar-refractivity contribution in [3.05, 3.63) is 52.3 Å². The van der Waals surface area contributed by atoms with Gasteiger partial charge in [-0.3, -0.25) is 5.10 Å². The number of H-pyrrole nitrogens is 1. The molecule has 0 atom stereocenters. The molecule has 1 heterocycles. The van der Waals surface area contributed by atoms with Crippen molar-refractivity contribution in [3.8, 4) is 5.75 Å². The second-order valence-corrected chi connectivity index (χ2v) is 4.63. The number of hydrogen-bond donors (Lipinski definition) is 2. The van der Waals surface area contributed by atoms with Crippen molar-refractivity contribution in [2.45, 2.75) is 0 Å². The first-order valence-corrected chi connectivity index (χ1v) is 6.28. The highest BCUT2D eigenvalue weighted by molar-refractivity contribution is 6.44. The average molecular weight is 313 g/mol. The largest absolute Gasteiger partial charge is 0.480 e. The van der Waals surface area contributed by atoms with Crippen LogP contribution in [0.15, 0.2) is 31.0 Å². The maximum Gasteiger partial charge on any atom is 0.341 e. The van der Waals surface area contributed by atoms with Crippen LogP contribution in [0.3, 0.4) is 0 Å². The summed E-state index contributed by atoms with van der Waals surface area (Å²) in [6.45, 7) is 3.43. The van der Waals surface area contributed by atoms with Gasteiger partial charge in [-0.15, -0.1) is 0 Å².